The van der Waals surface area contributed by atoms with E-state index < -0.39 is 0 Å². The summed E-state index contributed by atoms with van der Waals surface area (Å²) in [5.74, 6) is 1.31. The van der Waals surface area contributed by atoms with Gasteiger partial charge in [0.1, 0.15) is 0 Å². The van der Waals surface area contributed by atoms with Crippen molar-refractivity contribution in [3.05, 3.63) is 0 Å². The quantitative estimate of drug-likeness (QED) is 0.643. The number of rotatable bonds is 4. The Kier molecular flexibility index (Phi) is 2.42. The third-order valence-electron chi connectivity index (χ3n) is 2.17. The lowest BCUT2D eigenvalue weighted by Gasteiger charge is -2.11. The van der Waals surface area contributed by atoms with Crippen molar-refractivity contribution in [1.82, 2.24) is 5.32 Å². The predicted molar refractivity (Wildman–Crippen MR) is 44.0 cm³/mol. The van der Waals surface area contributed by atoms with E-state index in [2.05, 4.69) is 18.6 Å². The highest BCUT2D eigenvalue weighted by molar-refractivity contribution is 7.98. The summed E-state index contributed by atoms with van der Waals surface area (Å²) < 4.78 is 0. The zero-order valence-corrected chi connectivity index (χ0v) is 7.05. The van der Waals surface area contributed by atoms with Gasteiger partial charge in [-0.2, -0.15) is 11.8 Å². The fourth-order valence-electron chi connectivity index (χ4n) is 1.07. The van der Waals surface area contributed by atoms with Crippen LogP contribution in [-0.2, 0) is 0 Å². The van der Waals surface area contributed by atoms with Crippen molar-refractivity contribution in [3.8, 4) is 0 Å². The minimum absolute atomic E-state index is 0.572. The van der Waals surface area contributed by atoms with Crippen molar-refractivity contribution in [2.24, 2.45) is 0 Å². The molecule has 9 heavy (non-hydrogen) atoms. The Labute approximate surface area is 61.6 Å². The van der Waals surface area contributed by atoms with Crippen molar-refractivity contribution in [3.63, 3.8) is 0 Å². The van der Waals surface area contributed by atoms with Crippen molar-refractivity contribution in [2.75, 3.05) is 19.1 Å². The van der Waals surface area contributed by atoms with E-state index in [4.69, 9.17) is 0 Å². The van der Waals surface area contributed by atoms with Crippen LogP contribution in [0.25, 0.3) is 0 Å². The molecule has 0 heterocycles. The first-order chi connectivity index (χ1) is 4.33. The Morgan fingerprint density at radius 3 is 2.56 bits per heavy atom. The summed E-state index contributed by atoms with van der Waals surface area (Å²) in [5, 5.41) is 3.37. The molecule has 0 spiro atoms. The number of thioether (sulfide) groups is 1. The summed E-state index contributed by atoms with van der Waals surface area (Å²) in [6, 6.07) is 0. The van der Waals surface area contributed by atoms with Gasteiger partial charge in [0, 0.05) is 5.54 Å². The van der Waals surface area contributed by atoms with Crippen molar-refractivity contribution >= 4 is 11.8 Å². The normalized spacial score (nSPS) is 22.0. The van der Waals surface area contributed by atoms with Crippen LogP contribution in [0, 0.1) is 0 Å². The van der Waals surface area contributed by atoms with Crippen LogP contribution in [0.4, 0.5) is 0 Å². The molecule has 0 bridgehead atoms. The third-order valence-corrected chi connectivity index (χ3v) is 2.78. The molecule has 1 N–H and O–H groups in total. The average molecular weight is 145 g/mol. The number of hydrogen-bond acceptors (Lipinski definition) is 2. The van der Waals surface area contributed by atoms with Crippen LogP contribution in [0.5, 0.6) is 0 Å². The van der Waals surface area contributed by atoms with Gasteiger partial charge in [0.15, 0.2) is 0 Å². The molecule has 0 unspecified atom stereocenters. The maximum absolute atomic E-state index is 3.37. The molecule has 0 radical (unpaired) electrons. The van der Waals surface area contributed by atoms with E-state index in [0.29, 0.717) is 5.54 Å². The fraction of sp³-hybridized carbons (Fsp3) is 1.00. The largest absolute Gasteiger partial charge is 0.314 e. The molecule has 1 aliphatic carbocycles. The summed E-state index contributed by atoms with van der Waals surface area (Å²) in [6.07, 6.45) is 6.31. The van der Waals surface area contributed by atoms with Gasteiger partial charge >= 0.3 is 0 Å². The summed E-state index contributed by atoms with van der Waals surface area (Å²) in [7, 11) is 2.08. The number of hydrogen-bond donors (Lipinski definition) is 1. The minimum atomic E-state index is 0.572. The second-order valence-corrected chi connectivity index (χ2v) is 3.76. The molecule has 2 heteroatoms. The highest BCUT2D eigenvalue weighted by Gasteiger charge is 2.39. The van der Waals surface area contributed by atoms with Gasteiger partial charge in [0.05, 0.1) is 0 Å². The van der Waals surface area contributed by atoms with E-state index in [1.165, 1.54) is 25.0 Å². The third kappa shape index (κ3) is 1.87. The molecule has 1 fully saturated rings. The van der Waals surface area contributed by atoms with E-state index in [0.717, 1.165) is 0 Å². The SMILES string of the molecule is CNC1(CCSC)CC1. The van der Waals surface area contributed by atoms with Crippen LogP contribution >= 0.6 is 11.8 Å². The molecule has 1 saturated carbocycles. The summed E-state index contributed by atoms with van der Waals surface area (Å²) in [5.41, 5.74) is 0.572. The molecule has 0 aromatic rings. The highest BCUT2D eigenvalue weighted by atomic mass is 32.2. The molecule has 0 aromatic heterocycles. The number of nitrogens with one attached hydrogen (secondary N) is 1. The maximum Gasteiger partial charge on any atom is 0.0187 e. The van der Waals surface area contributed by atoms with E-state index in [9.17, 15) is 0 Å². The van der Waals surface area contributed by atoms with Gasteiger partial charge in [0.2, 0.25) is 0 Å². The molecule has 0 saturated heterocycles. The zero-order valence-electron chi connectivity index (χ0n) is 6.24. The standard InChI is InChI=1S/C7H15NS/c1-8-7(3-4-7)5-6-9-2/h8H,3-6H2,1-2H3. The van der Waals surface area contributed by atoms with E-state index >= 15 is 0 Å². The van der Waals surface area contributed by atoms with Crippen molar-refractivity contribution in [2.45, 2.75) is 24.8 Å². The van der Waals surface area contributed by atoms with Crippen LogP contribution in [-0.4, -0.2) is 24.6 Å². The van der Waals surface area contributed by atoms with E-state index in [1.54, 1.807) is 0 Å². The highest BCUT2D eigenvalue weighted by Crippen LogP contribution is 2.38. The fourth-order valence-corrected chi connectivity index (χ4v) is 1.67. The predicted octanol–water partition coefficient (Wildman–Crippen LogP) is 1.49. The summed E-state index contributed by atoms with van der Waals surface area (Å²) >= 11 is 1.94. The van der Waals surface area contributed by atoms with Crippen LogP contribution < -0.4 is 5.32 Å². The van der Waals surface area contributed by atoms with Gasteiger partial charge in [-0.1, -0.05) is 0 Å². The smallest absolute Gasteiger partial charge is 0.0187 e. The van der Waals surface area contributed by atoms with Gasteiger partial charge in [0.25, 0.3) is 0 Å². The molecule has 1 nitrogen and oxygen atoms in total. The van der Waals surface area contributed by atoms with Crippen LogP contribution in [0.2, 0.25) is 0 Å². The molecule has 0 atom stereocenters. The van der Waals surface area contributed by atoms with Gasteiger partial charge < -0.3 is 5.32 Å². The minimum Gasteiger partial charge on any atom is -0.314 e. The second kappa shape index (κ2) is 2.93. The molecule has 54 valence electrons. The lowest BCUT2D eigenvalue weighted by atomic mass is 10.2. The van der Waals surface area contributed by atoms with Gasteiger partial charge in [-0.15, -0.1) is 0 Å². The first-order valence-electron chi connectivity index (χ1n) is 3.51. The Morgan fingerprint density at radius 1 is 1.56 bits per heavy atom. The van der Waals surface area contributed by atoms with Crippen LogP contribution in [0.1, 0.15) is 19.3 Å². The van der Waals surface area contributed by atoms with Gasteiger partial charge in [-0.25, -0.2) is 0 Å². The molecule has 1 aliphatic rings. The molecule has 0 amide bonds. The first kappa shape index (κ1) is 7.42. The average Bonchev–Trinajstić information content (AvgIpc) is 2.65. The van der Waals surface area contributed by atoms with Crippen LogP contribution in [0.3, 0.4) is 0 Å². The molecule has 1 rings (SSSR count). The zero-order chi connectivity index (χ0) is 6.74. The molecule has 0 aromatic carbocycles. The Morgan fingerprint density at radius 2 is 2.22 bits per heavy atom. The molecule has 0 aliphatic heterocycles. The Balaban J connectivity index is 2.10. The van der Waals surface area contributed by atoms with E-state index in [-0.39, 0.29) is 0 Å². The molecular weight excluding hydrogens is 130 g/mol. The summed E-state index contributed by atoms with van der Waals surface area (Å²) in [4.78, 5) is 0. The van der Waals surface area contributed by atoms with Gasteiger partial charge in [-0.05, 0) is 38.3 Å². The topological polar surface area (TPSA) is 12.0 Å². The maximum atomic E-state index is 3.37. The molecular formula is C7H15NS. The van der Waals surface area contributed by atoms with Gasteiger partial charge in [-0.3, -0.25) is 0 Å². The first-order valence-corrected chi connectivity index (χ1v) is 4.90. The van der Waals surface area contributed by atoms with E-state index in [1.807, 2.05) is 11.8 Å². The van der Waals surface area contributed by atoms with Crippen molar-refractivity contribution < 1.29 is 0 Å². The van der Waals surface area contributed by atoms with Crippen molar-refractivity contribution in [1.29, 1.82) is 0 Å². The second-order valence-electron chi connectivity index (χ2n) is 2.77. The Hall–Kier alpha value is 0.310. The monoisotopic (exact) mass is 145 g/mol. The Bertz CT molecular complexity index is 88.9. The summed E-state index contributed by atoms with van der Waals surface area (Å²) in [6.45, 7) is 0. The lowest BCUT2D eigenvalue weighted by molar-refractivity contribution is 0.538. The van der Waals surface area contributed by atoms with Crippen LogP contribution in [0.15, 0.2) is 0 Å². The lowest BCUT2D eigenvalue weighted by Crippen LogP contribution is -2.27.